The summed E-state index contributed by atoms with van der Waals surface area (Å²) in [5.41, 5.74) is 3.55. The second-order valence-corrected chi connectivity index (χ2v) is 4.93. The van der Waals surface area contributed by atoms with E-state index in [1.807, 2.05) is 24.4 Å². The van der Waals surface area contributed by atoms with Crippen molar-refractivity contribution in [1.29, 1.82) is 0 Å². The number of halogens is 1. The van der Waals surface area contributed by atoms with Crippen LogP contribution in [0.2, 0.25) is 5.02 Å². The summed E-state index contributed by atoms with van der Waals surface area (Å²) in [5.74, 6) is 0.873. The van der Waals surface area contributed by atoms with Crippen LogP contribution in [-0.2, 0) is 19.4 Å². The molecule has 0 spiro atoms. The molecule has 1 aliphatic heterocycles. The fourth-order valence-corrected chi connectivity index (χ4v) is 2.40. The second kappa shape index (κ2) is 5.04. The molecule has 0 bridgehead atoms. The standard InChI is InChI=1S/C14H14ClN3/c15-12-3-1-2-10(6-12)7-14-17-9-11-8-16-5-4-13(11)18-14/h1-3,6,9,16H,4-5,7-8H2. The molecule has 2 heterocycles. The minimum absolute atomic E-state index is 0.737. The van der Waals surface area contributed by atoms with Gasteiger partial charge >= 0.3 is 0 Å². The average molecular weight is 260 g/mol. The Morgan fingerprint density at radius 3 is 3.17 bits per heavy atom. The van der Waals surface area contributed by atoms with E-state index in [2.05, 4.69) is 21.4 Å². The maximum atomic E-state index is 5.98. The van der Waals surface area contributed by atoms with Crippen LogP contribution in [-0.4, -0.2) is 16.5 Å². The zero-order valence-electron chi connectivity index (χ0n) is 9.99. The number of hydrogen-bond acceptors (Lipinski definition) is 3. The number of nitrogens with zero attached hydrogens (tertiary/aromatic N) is 2. The van der Waals surface area contributed by atoms with Crippen molar-refractivity contribution >= 4 is 11.6 Å². The number of nitrogens with one attached hydrogen (secondary N) is 1. The van der Waals surface area contributed by atoms with Gasteiger partial charge in [-0.2, -0.15) is 0 Å². The van der Waals surface area contributed by atoms with E-state index in [1.54, 1.807) is 0 Å². The Morgan fingerprint density at radius 1 is 1.33 bits per heavy atom. The first-order valence-electron chi connectivity index (χ1n) is 6.10. The molecule has 92 valence electrons. The van der Waals surface area contributed by atoms with Crippen LogP contribution in [0.4, 0.5) is 0 Å². The van der Waals surface area contributed by atoms with Gasteiger partial charge in [-0.1, -0.05) is 23.7 Å². The Kier molecular flexibility index (Phi) is 3.26. The molecule has 4 heteroatoms. The molecule has 3 rings (SSSR count). The van der Waals surface area contributed by atoms with Gasteiger partial charge in [-0.15, -0.1) is 0 Å². The molecule has 0 fully saturated rings. The highest BCUT2D eigenvalue weighted by Crippen LogP contribution is 2.15. The maximum Gasteiger partial charge on any atom is 0.132 e. The molecule has 0 saturated heterocycles. The summed E-state index contributed by atoms with van der Waals surface area (Å²) in [6.45, 7) is 1.88. The third-order valence-electron chi connectivity index (χ3n) is 3.11. The Morgan fingerprint density at radius 2 is 2.28 bits per heavy atom. The van der Waals surface area contributed by atoms with E-state index in [0.717, 1.165) is 42.3 Å². The van der Waals surface area contributed by atoms with Crippen LogP contribution >= 0.6 is 11.6 Å². The van der Waals surface area contributed by atoms with E-state index in [4.69, 9.17) is 11.6 Å². The number of aromatic nitrogens is 2. The topological polar surface area (TPSA) is 37.8 Å². The highest BCUT2D eigenvalue weighted by Gasteiger charge is 2.11. The minimum Gasteiger partial charge on any atom is -0.312 e. The summed E-state index contributed by atoms with van der Waals surface area (Å²) in [6.07, 6.45) is 3.66. The normalized spacial score (nSPS) is 14.3. The molecule has 1 aromatic heterocycles. The van der Waals surface area contributed by atoms with Crippen LogP contribution in [0.1, 0.15) is 22.6 Å². The predicted octanol–water partition coefficient (Wildman–Crippen LogP) is 2.37. The van der Waals surface area contributed by atoms with E-state index in [0.29, 0.717) is 0 Å². The molecule has 0 saturated carbocycles. The molecule has 1 aliphatic rings. The van der Waals surface area contributed by atoms with Gasteiger partial charge in [-0.3, -0.25) is 0 Å². The SMILES string of the molecule is Clc1cccc(Cc2ncc3c(n2)CCNC3)c1. The fourth-order valence-electron chi connectivity index (χ4n) is 2.19. The molecule has 18 heavy (non-hydrogen) atoms. The molecular formula is C14H14ClN3. The number of fused-ring (bicyclic) bond motifs is 1. The molecule has 3 nitrogen and oxygen atoms in total. The van der Waals surface area contributed by atoms with Gasteiger partial charge in [-0.25, -0.2) is 9.97 Å². The van der Waals surface area contributed by atoms with Crippen molar-refractivity contribution in [3.05, 3.63) is 58.1 Å². The third kappa shape index (κ3) is 2.52. The summed E-state index contributed by atoms with van der Waals surface area (Å²) in [7, 11) is 0. The second-order valence-electron chi connectivity index (χ2n) is 4.49. The van der Waals surface area contributed by atoms with Gasteiger partial charge in [0.1, 0.15) is 5.82 Å². The van der Waals surface area contributed by atoms with Crippen LogP contribution in [0.3, 0.4) is 0 Å². The smallest absolute Gasteiger partial charge is 0.132 e. The number of rotatable bonds is 2. The van der Waals surface area contributed by atoms with Crippen molar-refractivity contribution in [2.45, 2.75) is 19.4 Å². The lowest BCUT2D eigenvalue weighted by Gasteiger charge is -2.16. The van der Waals surface area contributed by atoms with Crippen molar-refractivity contribution in [3.63, 3.8) is 0 Å². The summed E-state index contributed by atoms with van der Waals surface area (Å²) in [6, 6.07) is 7.85. The van der Waals surface area contributed by atoms with E-state index in [-0.39, 0.29) is 0 Å². The first-order chi connectivity index (χ1) is 8.81. The zero-order chi connectivity index (χ0) is 12.4. The molecule has 0 radical (unpaired) electrons. The molecule has 2 aromatic rings. The average Bonchev–Trinajstić information content (AvgIpc) is 2.39. The number of benzene rings is 1. The van der Waals surface area contributed by atoms with Gasteiger partial charge in [0.25, 0.3) is 0 Å². The Balaban J connectivity index is 1.85. The van der Waals surface area contributed by atoms with Gasteiger partial charge in [0, 0.05) is 48.4 Å². The molecule has 0 unspecified atom stereocenters. The first kappa shape index (κ1) is 11.6. The van der Waals surface area contributed by atoms with E-state index in [9.17, 15) is 0 Å². The predicted molar refractivity (Wildman–Crippen MR) is 71.7 cm³/mol. The monoisotopic (exact) mass is 259 g/mol. The minimum atomic E-state index is 0.737. The lowest BCUT2D eigenvalue weighted by Crippen LogP contribution is -2.25. The van der Waals surface area contributed by atoms with Gasteiger partial charge in [0.05, 0.1) is 0 Å². The first-order valence-corrected chi connectivity index (χ1v) is 6.48. The maximum absolute atomic E-state index is 5.98. The highest BCUT2D eigenvalue weighted by molar-refractivity contribution is 6.30. The van der Waals surface area contributed by atoms with Crippen LogP contribution in [0.5, 0.6) is 0 Å². The van der Waals surface area contributed by atoms with Gasteiger partial charge < -0.3 is 5.32 Å². The summed E-state index contributed by atoms with van der Waals surface area (Å²) in [5, 5.41) is 4.08. The van der Waals surface area contributed by atoms with E-state index in [1.165, 1.54) is 11.3 Å². The molecule has 1 aromatic carbocycles. The Hall–Kier alpha value is -1.45. The summed E-state index contributed by atoms with van der Waals surface area (Å²) < 4.78 is 0. The molecule has 0 amide bonds. The van der Waals surface area contributed by atoms with Crippen molar-refractivity contribution in [1.82, 2.24) is 15.3 Å². The van der Waals surface area contributed by atoms with Crippen LogP contribution in [0.25, 0.3) is 0 Å². The molecule has 0 aliphatic carbocycles. The van der Waals surface area contributed by atoms with Gasteiger partial charge in [0.15, 0.2) is 0 Å². The van der Waals surface area contributed by atoms with Crippen LogP contribution in [0, 0.1) is 0 Å². The number of hydrogen-bond donors (Lipinski definition) is 1. The third-order valence-corrected chi connectivity index (χ3v) is 3.34. The van der Waals surface area contributed by atoms with Crippen LogP contribution in [0.15, 0.2) is 30.5 Å². The van der Waals surface area contributed by atoms with Crippen molar-refractivity contribution in [2.24, 2.45) is 0 Å². The fraction of sp³-hybridized carbons (Fsp3) is 0.286. The lowest BCUT2D eigenvalue weighted by atomic mass is 10.1. The summed E-state index contributed by atoms with van der Waals surface area (Å²) >= 11 is 5.98. The van der Waals surface area contributed by atoms with E-state index >= 15 is 0 Å². The molecule has 1 N–H and O–H groups in total. The van der Waals surface area contributed by atoms with Gasteiger partial charge in [-0.05, 0) is 17.7 Å². The molecule has 0 atom stereocenters. The Labute approximate surface area is 111 Å². The largest absolute Gasteiger partial charge is 0.312 e. The zero-order valence-corrected chi connectivity index (χ0v) is 10.7. The van der Waals surface area contributed by atoms with E-state index < -0.39 is 0 Å². The molecular weight excluding hydrogens is 246 g/mol. The lowest BCUT2D eigenvalue weighted by molar-refractivity contribution is 0.621. The quantitative estimate of drug-likeness (QED) is 0.900. The van der Waals surface area contributed by atoms with Crippen molar-refractivity contribution < 1.29 is 0 Å². The highest BCUT2D eigenvalue weighted by atomic mass is 35.5. The summed E-state index contributed by atoms with van der Waals surface area (Å²) in [4.78, 5) is 9.07. The Bertz CT molecular complexity index is 569. The van der Waals surface area contributed by atoms with Crippen molar-refractivity contribution in [3.8, 4) is 0 Å². The van der Waals surface area contributed by atoms with Crippen molar-refractivity contribution in [2.75, 3.05) is 6.54 Å². The van der Waals surface area contributed by atoms with Crippen LogP contribution < -0.4 is 5.32 Å². The van der Waals surface area contributed by atoms with Gasteiger partial charge in [0.2, 0.25) is 0 Å².